The highest BCUT2D eigenvalue weighted by Gasteiger charge is 2.09. The number of hydrogen-bond donors (Lipinski definition) is 2. The van der Waals surface area contributed by atoms with E-state index in [1.165, 1.54) is 5.56 Å². The van der Waals surface area contributed by atoms with Crippen LogP contribution in [0.4, 0.5) is 5.69 Å². The number of hydrogen-bond acceptors (Lipinski definition) is 4. The van der Waals surface area contributed by atoms with Crippen LogP contribution in [0.3, 0.4) is 0 Å². The molecule has 0 heterocycles. The van der Waals surface area contributed by atoms with Gasteiger partial charge in [0.2, 0.25) is 5.91 Å². The van der Waals surface area contributed by atoms with Crippen LogP contribution in [0, 0.1) is 6.92 Å². The van der Waals surface area contributed by atoms with Crippen molar-refractivity contribution in [3.63, 3.8) is 0 Å². The second-order valence-corrected chi connectivity index (χ2v) is 5.21. The van der Waals surface area contributed by atoms with Gasteiger partial charge in [0.05, 0.1) is 26.5 Å². The van der Waals surface area contributed by atoms with Crippen molar-refractivity contribution in [1.29, 1.82) is 0 Å². The summed E-state index contributed by atoms with van der Waals surface area (Å²) in [5.74, 6) is 1.12. The van der Waals surface area contributed by atoms with E-state index in [1.54, 1.807) is 32.4 Å². The lowest BCUT2D eigenvalue weighted by Gasteiger charge is -2.12. The van der Waals surface area contributed by atoms with Gasteiger partial charge in [0.25, 0.3) is 0 Å². The van der Waals surface area contributed by atoms with E-state index in [2.05, 4.69) is 16.7 Å². The smallest absolute Gasteiger partial charge is 0.238 e. The number of amides is 1. The van der Waals surface area contributed by atoms with Crippen molar-refractivity contribution >= 4 is 11.6 Å². The molecule has 0 aromatic heterocycles. The monoisotopic (exact) mass is 314 g/mol. The Morgan fingerprint density at radius 3 is 2.61 bits per heavy atom. The van der Waals surface area contributed by atoms with Crippen molar-refractivity contribution < 1.29 is 14.3 Å². The molecule has 0 spiro atoms. The third-order valence-electron chi connectivity index (χ3n) is 3.38. The van der Waals surface area contributed by atoms with Crippen LogP contribution in [0.5, 0.6) is 11.5 Å². The first-order valence-electron chi connectivity index (χ1n) is 7.40. The number of methoxy groups -OCH3 is 2. The van der Waals surface area contributed by atoms with E-state index < -0.39 is 0 Å². The number of ether oxygens (including phenoxy) is 2. The van der Waals surface area contributed by atoms with E-state index in [0.717, 1.165) is 5.56 Å². The maximum Gasteiger partial charge on any atom is 0.238 e. The highest BCUT2D eigenvalue weighted by atomic mass is 16.5. The molecule has 2 aromatic carbocycles. The third kappa shape index (κ3) is 5.00. The molecule has 0 aliphatic carbocycles. The number of carbonyl (C=O) groups is 1. The molecule has 1 amide bonds. The maximum atomic E-state index is 12.1. The zero-order valence-corrected chi connectivity index (χ0v) is 13.7. The summed E-state index contributed by atoms with van der Waals surface area (Å²) < 4.78 is 10.4. The molecule has 0 aliphatic rings. The van der Waals surface area contributed by atoms with Crippen LogP contribution >= 0.6 is 0 Å². The first kappa shape index (κ1) is 16.8. The van der Waals surface area contributed by atoms with Crippen molar-refractivity contribution in [2.45, 2.75) is 13.5 Å². The SMILES string of the molecule is COc1ccc(OC)c(NC(=O)CNCc2cccc(C)c2)c1. The van der Waals surface area contributed by atoms with Gasteiger partial charge < -0.3 is 20.1 Å². The van der Waals surface area contributed by atoms with Crippen molar-refractivity contribution in [2.75, 3.05) is 26.1 Å². The quantitative estimate of drug-likeness (QED) is 0.825. The molecule has 5 nitrogen and oxygen atoms in total. The molecular formula is C18H22N2O3. The minimum Gasteiger partial charge on any atom is -0.497 e. The van der Waals surface area contributed by atoms with Gasteiger partial charge in [0, 0.05) is 12.6 Å². The molecule has 0 bridgehead atoms. The first-order chi connectivity index (χ1) is 11.1. The van der Waals surface area contributed by atoms with Gasteiger partial charge in [-0.2, -0.15) is 0 Å². The molecule has 0 atom stereocenters. The molecule has 23 heavy (non-hydrogen) atoms. The van der Waals surface area contributed by atoms with E-state index in [4.69, 9.17) is 9.47 Å². The van der Waals surface area contributed by atoms with Gasteiger partial charge in [0.15, 0.2) is 0 Å². The highest BCUT2D eigenvalue weighted by Crippen LogP contribution is 2.28. The fourth-order valence-corrected chi connectivity index (χ4v) is 2.25. The van der Waals surface area contributed by atoms with Gasteiger partial charge in [0.1, 0.15) is 11.5 Å². The van der Waals surface area contributed by atoms with Gasteiger partial charge >= 0.3 is 0 Å². The number of carbonyl (C=O) groups excluding carboxylic acids is 1. The van der Waals surface area contributed by atoms with Crippen molar-refractivity contribution in [1.82, 2.24) is 5.32 Å². The highest BCUT2D eigenvalue weighted by molar-refractivity contribution is 5.93. The number of anilines is 1. The average molecular weight is 314 g/mol. The van der Waals surface area contributed by atoms with E-state index in [0.29, 0.717) is 23.7 Å². The molecule has 0 saturated heterocycles. The van der Waals surface area contributed by atoms with Crippen LogP contribution in [0.2, 0.25) is 0 Å². The molecule has 2 N–H and O–H groups in total. The van der Waals surface area contributed by atoms with Crippen LogP contribution in [0.25, 0.3) is 0 Å². The van der Waals surface area contributed by atoms with E-state index >= 15 is 0 Å². The Bertz CT molecular complexity index is 671. The Labute approximate surface area is 136 Å². The summed E-state index contributed by atoms with van der Waals surface area (Å²) in [6.07, 6.45) is 0. The van der Waals surface area contributed by atoms with Crippen LogP contribution in [0.1, 0.15) is 11.1 Å². The van der Waals surface area contributed by atoms with E-state index in [1.807, 2.05) is 25.1 Å². The van der Waals surface area contributed by atoms with Crippen LogP contribution in [0.15, 0.2) is 42.5 Å². The predicted molar refractivity (Wildman–Crippen MR) is 91.1 cm³/mol. The molecule has 0 saturated carbocycles. The van der Waals surface area contributed by atoms with E-state index in [9.17, 15) is 4.79 Å². The molecule has 2 aromatic rings. The summed E-state index contributed by atoms with van der Waals surface area (Å²) >= 11 is 0. The van der Waals surface area contributed by atoms with Gasteiger partial charge in [-0.15, -0.1) is 0 Å². The van der Waals surface area contributed by atoms with E-state index in [-0.39, 0.29) is 12.5 Å². The summed E-state index contributed by atoms with van der Waals surface area (Å²) in [6.45, 7) is 2.91. The normalized spacial score (nSPS) is 10.2. The predicted octanol–water partition coefficient (Wildman–Crippen LogP) is 2.74. The summed E-state index contributed by atoms with van der Waals surface area (Å²) in [6, 6.07) is 13.5. The second-order valence-electron chi connectivity index (χ2n) is 5.21. The summed E-state index contributed by atoms with van der Waals surface area (Å²) in [5.41, 5.74) is 2.95. The van der Waals surface area contributed by atoms with Crippen LogP contribution in [-0.2, 0) is 11.3 Å². The maximum absolute atomic E-state index is 12.1. The summed E-state index contributed by atoms with van der Waals surface area (Å²) in [7, 11) is 3.14. The molecule has 0 aliphatic heterocycles. The third-order valence-corrected chi connectivity index (χ3v) is 3.38. The lowest BCUT2D eigenvalue weighted by molar-refractivity contribution is -0.115. The van der Waals surface area contributed by atoms with Gasteiger partial charge in [-0.25, -0.2) is 0 Å². The number of aryl methyl sites for hydroxylation is 1. The second kappa shape index (κ2) is 8.19. The molecule has 5 heteroatoms. The molecular weight excluding hydrogens is 292 g/mol. The average Bonchev–Trinajstić information content (AvgIpc) is 2.55. The van der Waals surface area contributed by atoms with Gasteiger partial charge in [-0.3, -0.25) is 4.79 Å². The Balaban J connectivity index is 1.89. The zero-order valence-electron chi connectivity index (χ0n) is 13.7. The fourth-order valence-electron chi connectivity index (χ4n) is 2.25. The number of rotatable bonds is 7. The van der Waals surface area contributed by atoms with Crippen LogP contribution in [-0.4, -0.2) is 26.7 Å². The number of nitrogens with one attached hydrogen (secondary N) is 2. The Morgan fingerprint density at radius 2 is 1.91 bits per heavy atom. The molecule has 2 rings (SSSR count). The van der Waals surface area contributed by atoms with Crippen molar-refractivity contribution in [3.8, 4) is 11.5 Å². The molecule has 0 radical (unpaired) electrons. The van der Waals surface area contributed by atoms with Gasteiger partial charge in [-0.1, -0.05) is 29.8 Å². The molecule has 0 fully saturated rings. The standard InChI is InChI=1S/C18H22N2O3/c1-13-5-4-6-14(9-13)11-19-12-18(21)20-16-10-15(22-2)7-8-17(16)23-3/h4-10,19H,11-12H2,1-3H3,(H,20,21). The van der Waals surface area contributed by atoms with Crippen LogP contribution < -0.4 is 20.1 Å². The Morgan fingerprint density at radius 1 is 1.09 bits per heavy atom. The van der Waals surface area contributed by atoms with Crippen molar-refractivity contribution in [3.05, 3.63) is 53.6 Å². The Kier molecular flexibility index (Phi) is 6.00. The first-order valence-corrected chi connectivity index (χ1v) is 7.40. The largest absolute Gasteiger partial charge is 0.497 e. The molecule has 0 unspecified atom stereocenters. The zero-order chi connectivity index (χ0) is 16.7. The summed E-state index contributed by atoms with van der Waals surface area (Å²) in [4.78, 5) is 12.1. The topological polar surface area (TPSA) is 59.6 Å². The lowest BCUT2D eigenvalue weighted by atomic mass is 10.1. The minimum atomic E-state index is -0.135. The molecule has 122 valence electrons. The summed E-state index contributed by atoms with van der Waals surface area (Å²) in [5, 5.41) is 5.96. The van der Waals surface area contributed by atoms with Crippen molar-refractivity contribution in [2.24, 2.45) is 0 Å². The fraction of sp³-hybridized carbons (Fsp3) is 0.278. The minimum absolute atomic E-state index is 0.135. The Hall–Kier alpha value is -2.53. The van der Waals surface area contributed by atoms with Gasteiger partial charge in [-0.05, 0) is 24.6 Å². The lowest BCUT2D eigenvalue weighted by Crippen LogP contribution is -2.27. The number of benzene rings is 2.